The molecule has 0 spiro atoms. The highest BCUT2D eigenvalue weighted by Gasteiger charge is 1.97. The average Bonchev–Trinajstić information content (AvgIpc) is 2.27. The van der Waals surface area contributed by atoms with Gasteiger partial charge in [-0.3, -0.25) is 4.79 Å². The zero-order valence-corrected chi connectivity index (χ0v) is 10.1. The Kier molecular flexibility index (Phi) is 4.77. The first-order chi connectivity index (χ1) is 7.63. The van der Waals surface area contributed by atoms with Gasteiger partial charge in [0.2, 0.25) is 0 Å². The highest BCUT2D eigenvalue weighted by molar-refractivity contribution is 7.78. The predicted molar refractivity (Wildman–Crippen MR) is 69.6 cm³/mol. The SMILES string of the molecule is CC(C)c1ccc(C=CC(=O)N=C=S)cc1. The van der Waals surface area contributed by atoms with Crippen molar-refractivity contribution in [2.24, 2.45) is 4.99 Å². The van der Waals surface area contributed by atoms with E-state index in [2.05, 4.69) is 43.2 Å². The first-order valence-electron chi connectivity index (χ1n) is 5.03. The molecule has 0 fully saturated rings. The molecule has 0 bridgehead atoms. The molecule has 0 heterocycles. The van der Waals surface area contributed by atoms with Gasteiger partial charge in [-0.2, -0.15) is 4.99 Å². The van der Waals surface area contributed by atoms with Crippen LogP contribution in [0.15, 0.2) is 35.3 Å². The average molecular weight is 231 g/mol. The molecule has 3 heteroatoms. The summed E-state index contributed by atoms with van der Waals surface area (Å²) in [5.74, 6) is 0.127. The quantitative estimate of drug-likeness (QED) is 0.453. The number of isothiocyanates is 1. The molecule has 0 aromatic heterocycles. The van der Waals surface area contributed by atoms with E-state index in [4.69, 9.17) is 0 Å². The molecule has 1 amide bonds. The van der Waals surface area contributed by atoms with Crippen LogP contribution >= 0.6 is 12.2 Å². The summed E-state index contributed by atoms with van der Waals surface area (Å²) in [7, 11) is 0. The molecule has 0 aliphatic carbocycles. The third-order valence-electron chi connectivity index (χ3n) is 2.18. The monoisotopic (exact) mass is 231 g/mol. The number of hydrogen-bond acceptors (Lipinski definition) is 2. The fourth-order valence-corrected chi connectivity index (χ4v) is 1.33. The molecule has 0 atom stereocenters. The van der Waals surface area contributed by atoms with E-state index >= 15 is 0 Å². The molecule has 0 aliphatic heterocycles. The molecular weight excluding hydrogens is 218 g/mol. The van der Waals surface area contributed by atoms with Crippen molar-refractivity contribution < 1.29 is 4.79 Å². The molecule has 0 radical (unpaired) electrons. The number of rotatable bonds is 3. The van der Waals surface area contributed by atoms with Gasteiger partial charge in [0.05, 0.1) is 5.16 Å². The first-order valence-corrected chi connectivity index (χ1v) is 5.44. The van der Waals surface area contributed by atoms with Crippen LogP contribution in [0, 0.1) is 0 Å². The van der Waals surface area contributed by atoms with Crippen molar-refractivity contribution in [2.45, 2.75) is 19.8 Å². The van der Waals surface area contributed by atoms with E-state index in [1.807, 2.05) is 17.3 Å². The van der Waals surface area contributed by atoms with Crippen LogP contribution in [0.4, 0.5) is 0 Å². The number of aliphatic imine (C=N–C) groups is 1. The smallest absolute Gasteiger partial charge is 0.267 e. The van der Waals surface area contributed by atoms with E-state index in [0.717, 1.165) is 5.56 Å². The Morgan fingerprint density at radius 1 is 1.38 bits per heavy atom. The van der Waals surface area contributed by atoms with E-state index in [1.54, 1.807) is 6.08 Å². The summed E-state index contributed by atoms with van der Waals surface area (Å²) in [4.78, 5) is 14.3. The summed E-state index contributed by atoms with van der Waals surface area (Å²) >= 11 is 4.33. The van der Waals surface area contributed by atoms with Gasteiger partial charge in [-0.25, -0.2) is 0 Å². The Hall–Kier alpha value is -1.57. The maximum absolute atomic E-state index is 11.0. The highest BCUT2D eigenvalue weighted by atomic mass is 32.1. The van der Waals surface area contributed by atoms with E-state index in [1.165, 1.54) is 11.6 Å². The lowest BCUT2D eigenvalue weighted by Gasteiger charge is -2.04. The number of benzene rings is 1. The van der Waals surface area contributed by atoms with Gasteiger partial charge in [-0.1, -0.05) is 38.1 Å². The van der Waals surface area contributed by atoms with Gasteiger partial charge in [-0.15, -0.1) is 0 Å². The van der Waals surface area contributed by atoms with Crippen LogP contribution in [0.1, 0.15) is 30.9 Å². The van der Waals surface area contributed by atoms with Gasteiger partial charge in [0.1, 0.15) is 0 Å². The van der Waals surface area contributed by atoms with Gasteiger partial charge in [0.25, 0.3) is 5.91 Å². The Bertz CT molecular complexity index is 440. The molecule has 16 heavy (non-hydrogen) atoms. The number of nitrogens with zero attached hydrogens (tertiary/aromatic N) is 1. The van der Waals surface area contributed by atoms with E-state index < -0.39 is 0 Å². The zero-order valence-electron chi connectivity index (χ0n) is 9.31. The Labute approximate surface area is 101 Å². The summed E-state index contributed by atoms with van der Waals surface area (Å²) in [6.45, 7) is 4.28. The maximum atomic E-state index is 11.0. The molecular formula is C13H13NOS. The van der Waals surface area contributed by atoms with Crippen LogP contribution in [0.3, 0.4) is 0 Å². The van der Waals surface area contributed by atoms with Gasteiger partial charge in [-0.05, 0) is 35.3 Å². The van der Waals surface area contributed by atoms with E-state index in [-0.39, 0.29) is 5.91 Å². The van der Waals surface area contributed by atoms with Crippen LogP contribution in [-0.2, 0) is 4.79 Å². The van der Waals surface area contributed by atoms with Crippen molar-refractivity contribution in [1.82, 2.24) is 0 Å². The molecule has 0 N–H and O–H groups in total. The molecule has 1 rings (SSSR count). The summed E-state index contributed by atoms with van der Waals surface area (Å²) in [6, 6.07) is 8.05. The van der Waals surface area contributed by atoms with Crippen LogP contribution in [0.25, 0.3) is 6.08 Å². The van der Waals surface area contributed by atoms with Crippen molar-refractivity contribution >= 4 is 29.4 Å². The van der Waals surface area contributed by atoms with Crippen LogP contribution in [-0.4, -0.2) is 11.1 Å². The van der Waals surface area contributed by atoms with Crippen LogP contribution in [0.5, 0.6) is 0 Å². The second-order valence-corrected chi connectivity index (χ2v) is 3.88. The third-order valence-corrected chi connectivity index (χ3v) is 2.27. The van der Waals surface area contributed by atoms with Crippen molar-refractivity contribution in [3.63, 3.8) is 0 Å². The molecule has 0 aliphatic rings. The minimum atomic E-state index is -0.386. The lowest BCUT2D eigenvalue weighted by molar-refractivity contribution is -0.113. The topological polar surface area (TPSA) is 29.4 Å². The number of amides is 1. The lowest BCUT2D eigenvalue weighted by Crippen LogP contribution is -1.87. The Morgan fingerprint density at radius 3 is 2.50 bits per heavy atom. The first kappa shape index (κ1) is 12.5. The van der Waals surface area contributed by atoms with E-state index in [9.17, 15) is 4.79 Å². The molecule has 1 aromatic carbocycles. The summed E-state index contributed by atoms with van der Waals surface area (Å²) in [6.07, 6.45) is 3.09. The van der Waals surface area contributed by atoms with Crippen LogP contribution < -0.4 is 0 Å². The highest BCUT2D eigenvalue weighted by Crippen LogP contribution is 2.15. The second kappa shape index (κ2) is 6.11. The largest absolute Gasteiger partial charge is 0.278 e. The third kappa shape index (κ3) is 3.89. The fraction of sp³-hybridized carbons (Fsp3) is 0.231. The number of thiocarbonyl (C=S) groups is 1. The Morgan fingerprint density at radius 2 is 2.00 bits per heavy atom. The lowest BCUT2D eigenvalue weighted by atomic mass is 10.0. The Balaban J connectivity index is 2.76. The molecule has 0 unspecified atom stereocenters. The predicted octanol–water partition coefficient (Wildman–Crippen LogP) is 3.45. The fourth-order valence-electron chi connectivity index (χ4n) is 1.24. The summed E-state index contributed by atoms with van der Waals surface area (Å²) < 4.78 is 0. The minimum Gasteiger partial charge on any atom is -0.267 e. The second-order valence-electron chi connectivity index (χ2n) is 3.70. The van der Waals surface area contributed by atoms with Crippen LogP contribution in [0.2, 0.25) is 0 Å². The van der Waals surface area contributed by atoms with E-state index in [0.29, 0.717) is 5.92 Å². The molecule has 0 saturated carbocycles. The van der Waals surface area contributed by atoms with Gasteiger partial charge in [0, 0.05) is 6.08 Å². The minimum absolute atomic E-state index is 0.386. The summed E-state index contributed by atoms with van der Waals surface area (Å²) in [5, 5.41) is 2.04. The maximum Gasteiger partial charge on any atom is 0.278 e. The standard InChI is InChI=1S/C13H13NOS/c1-10(2)12-6-3-11(4-7-12)5-8-13(15)14-9-16/h3-8,10H,1-2H3. The normalized spacial score (nSPS) is 10.4. The number of hydrogen-bond donors (Lipinski definition) is 0. The van der Waals surface area contributed by atoms with Crippen molar-refractivity contribution in [2.75, 3.05) is 0 Å². The molecule has 0 saturated heterocycles. The number of carbonyl (C=O) groups excluding carboxylic acids is 1. The van der Waals surface area contributed by atoms with Crippen molar-refractivity contribution in [1.29, 1.82) is 0 Å². The molecule has 1 aromatic rings. The van der Waals surface area contributed by atoms with Gasteiger partial charge >= 0.3 is 0 Å². The number of carbonyl (C=O) groups is 1. The van der Waals surface area contributed by atoms with Gasteiger partial charge < -0.3 is 0 Å². The molecule has 82 valence electrons. The molecule has 2 nitrogen and oxygen atoms in total. The van der Waals surface area contributed by atoms with Crippen molar-refractivity contribution in [3.05, 3.63) is 41.5 Å². The summed E-state index contributed by atoms with van der Waals surface area (Å²) in [5.41, 5.74) is 2.25. The van der Waals surface area contributed by atoms with Crippen molar-refractivity contribution in [3.8, 4) is 0 Å². The zero-order chi connectivity index (χ0) is 12.0. The van der Waals surface area contributed by atoms with Gasteiger partial charge in [0.15, 0.2) is 0 Å².